The number of ether oxygens (including phenoxy) is 1. The second kappa shape index (κ2) is 10.2. The van der Waals surface area contributed by atoms with E-state index in [1.807, 2.05) is 50.2 Å². The maximum atomic E-state index is 13.8. The van der Waals surface area contributed by atoms with Crippen LogP contribution in [0.2, 0.25) is 0 Å². The number of rotatable bonds is 6. The van der Waals surface area contributed by atoms with Crippen molar-refractivity contribution in [3.8, 4) is 5.75 Å². The number of hydrazone groups is 1. The van der Waals surface area contributed by atoms with E-state index in [-0.39, 0.29) is 12.2 Å². The van der Waals surface area contributed by atoms with E-state index in [1.54, 1.807) is 7.11 Å². The normalized spacial score (nSPS) is 21.5. The van der Waals surface area contributed by atoms with Gasteiger partial charge in [-0.1, -0.05) is 47.2 Å². The molecule has 10 nitrogen and oxygen atoms in total. The van der Waals surface area contributed by atoms with E-state index in [0.717, 1.165) is 38.9 Å². The lowest BCUT2D eigenvalue weighted by molar-refractivity contribution is -0.135. The number of hydrogen-bond donors (Lipinski definition) is 0. The van der Waals surface area contributed by atoms with Crippen molar-refractivity contribution < 1.29 is 23.5 Å². The van der Waals surface area contributed by atoms with E-state index >= 15 is 0 Å². The first-order valence-corrected chi connectivity index (χ1v) is 13.2. The molecule has 0 saturated carbocycles. The second-order valence-corrected chi connectivity index (χ2v) is 10.3. The summed E-state index contributed by atoms with van der Waals surface area (Å²) in [7, 11) is 1.59. The molecule has 0 aromatic heterocycles. The summed E-state index contributed by atoms with van der Waals surface area (Å²) in [5.41, 5.74) is 4.87. The summed E-state index contributed by atoms with van der Waals surface area (Å²) in [6.07, 6.45) is 0.486. The average molecular weight is 555 g/mol. The molecule has 1 saturated heterocycles. The number of nitrogens with zero attached hydrogens (tertiary/aromatic N) is 6. The van der Waals surface area contributed by atoms with Crippen LogP contribution in [-0.4, -0.2) is 59.2 Å². The minimum Gasteiger partial charge on any atom is -0.497 e. The van der Waals surface area contributed by atoms with E-state index in [2.05, 4.69) is 16.4 Å². The number of carbonyl (C=O) groups excluding carboxylic acids is 3. The van der Waals surface area contributed by atoms with E-state index in [0.29, 0.717) is 12.2 Å². The number of halogens is 1. The first kappa shape index (κ1) is 26.3. The predicted molar refractivity (Wildman–Crippen MR) is 148 cm³/mol. The molecular formula is C30H27FN6O4. The number of fused-ring (bicyclic) bond motifs is 1. The molecule has 1 fully saturated rings. The average Bonchev–Trinajstić information content (AvgIpc) is 3.64. The van der Waals surface area contributed by atoms with Gasteiger partial charge in [0, 0.05) is 12.0 Å². The molecule has 3 atom stereocenters. The molecule has 0 radical (unpaired) electrons. The first-order chi connectivity index (χ1) is 19.7. The number of aryl methyl sites for hydroxylation is 2. The molecule has 0 aliphatic carbocycles. The number of imide groups is 1. The van der Waals surface area contributed by atoms with Gasteiger partial charge >= 0.3 is 0 Å². The summed E-state index contributed by atoms with van der Waals surface area (Å²) in [6.45, 7) is 3.71. The monoisotopic (exact) mass is 554 g/mol. The Bertz CT molecular complexity index is 1620. The van der Waals surface area contributed by atoms with Crippen molar-refractivity contribution in [1.29, 1.82) is 0 Å². The number of methoxy groups -OCH3 is 1. The Labute approximate surface area is 235 Å². The fraction of sp³-hybridized carbons (Fsp3) is 0.267. The molecule has 0 N–H and O–H groups in total. The largest absolute Gasteiger partial charge is 0.497 e. The van der Waals surface area contributed by atoms with Gasteiger partial charge in [-0.15, -0.1) is 0 Å². The van der Waals surface area contributed by atoms with Gasteiger partial charge < -0.3 is 4.74 Å². The van der Waals surface area contributed by atoms with Crippen molar-refractivity contribution in [2.45, 2.75) is 38.4 Å². The number of amides is 3. The second-order valence-electron chi connectivity index (χ2n) is 10.3. The van der Waals surface area contributed by atoms with Gasteiger partial charge in [-0.2, -0.15) is 10.2 Å². The van der Waals surface area contributed by atoms with Crippen LogP contribution in [0.4, 0.5) is 10.1 Å². The molecule has 208 valence electrons. The van der Waals surface area contributed by atoms with Crippen LogP contribution < -0.4 is 9.64 Å². The van der Waals surface area contributed by atoms with Gasteiger partial charge in [-0.3, -0.25) is 19.4 Å². The van der Waals surface area contributed by atoms with E-state index in [1.165, 1.54) is 28.2 Å². The highest BCUT2D eigenvalue weighted by atomic mass is 19.1. The van der Waals surface area contributed by atoms with Crippen LogP contribution in [0.25, 0.3) is 0 Å². The zero-order valence-electron chi connectivity index (χ0n) is 22.7. The summed E-state index contributed by atoms with van der Waals surface area (Å²) < 4.78 is 19.1. The molecule has 3 heterocycles. The van der Waals surface area contributed by atoms with E-state index < -0.39 is 41.7 Å². The molecule has 6 rings (SSSR count). The quantitative estimate of drug-likeness (QED) is 0.426. The van der Waals surface area contributed by atoms with Gasteiger partial charge in [0.2, 0.25) is 0 Å². The Morgan fingerprint density at radius 2 is 1.80 bits per heavy atom. The molecule has 0 spiro atoms. The van der Waals surface area contributed by atoms with Crippen LogP contribution in [0.1, 0.15) is 34.7 Å². The molecule has 3 aromatic carbocycles. The molecule has 41 heavy (non-hydrogen) atoms. The molecule has 0 bridgehead atoms. The molecule has 3 amide bonds. The summed E-state index contributed by atoms with van der Waals surface area (Å²) in [5, 5.41) is 15.4. The van der Waals surface area contributed by atoms with Crippen molar-refractivity contribution in [2.75, 3.05) is 18.6 Å². The Balaban J connectivity index is 1.28. The Kier molecular flexibility index (Phi) is 6.56. The third-order valence-electron chi connectivity index (χ3n) is 7.58. The van der Waals surface area contributed by atoms with Gasteiger partial charge in [-0.05, 0) is 55.3 Å². The van der Waals surface area contributed by atoms with Crippen molar-refractivity contribution in [1.82, 2.24) is 10.0 Å². The van der Waals surface area contributed by atoms with Gasteiger partial charge in [0.05, 0.1) is 24.6 Å². The van der Waals surface area contributed by atoms with Gasteiger partial charge in [-0.25, -0.2) is 14.3 Å². The van der Waals surface area contributed by atoms with Crippen LogP contribution in [0.15, 0.2) is 82.2 Å². The minimum atomic E-state index is -1.11. The maximum Gasteiger partial charge on any atom is 0.264 e. The number of hydrogen-bond acceptors (Lipinski definition) is 8. The minimum absolute atomic E-state index is 0.109. The zero-order valence-corrected chi connectivity index (χ0v) is 22.7. The van der Waals surface area contributed by atoms with Crippen LogP contribution in [0, 0.1) is 19.7 Å². The smallest absolute Gasteiger partial charge is 0.264 e. The number of benzene rings is 3. The van der Waals surface area contributed by atoms with Crippen molar-refractivity contribution in [3.63, 3.8) is 0 Å². The van der Waals surface area contributed by atoms with Crippen LogP contribution in [0.5, 0.6) is 5.75 Å². The van der Waals surface area contributed by atoms with Crippen LogP contribution in [0.3, 0.4) is 0 Å². The van der Waals surface area contributed by atoms with Gasteiger partial charge in [0.1, 0.15) is 18.1 Å². The molecular weight excluding hydrogens is 527 g/mol. The lowest BCUT2D eigenvalue weighted by Crippen LogP contribution is -2.44. The maximum absolute atomic E-state index is 13.8. The summed E-state index contributed by atoms with van der Waals surface area (Å²) >= 11 is 0. The third-order valence-corrected chi connectivity index (χ3v) is 7.58. The highest BCUT2D eigenvalue weighted by Crippen LogP contribution is 2.36. The van der Waals surface area contributed by atoms with E-state index in [4.69, 9.17) is 9.84 Å². The predicted octanol–water partition coefficient (Wildman–Crippen LogP) is 4.12. The van der Waals surface area contributed by atoms with Crippen molar-refractivity contribution in [3.05, 3.63) is 94.8 Å². The zero-order chi connectivity index (χ0) is 28.8. The first-order valence-electron chi connectivity index (χ1n) is 13.2. The van der Waals surface area contributed by atoms with Crippen molar-refractivity contribution >= 4 is 29.1 Å². The standard InChI is InChI=1S/C30H27FN6O4/c1-17-7-12-23(18(2)13-17)24-15-25(19-8-10-22(41-3)11-9-19)37(33-24)26(38)16-35-28-27(32-34-35)29(39)36(30(28)40)21-6-4-5-20(31)14-21/h4-14,25,27-28H,15-16H2,1-3H3/t25-,27-,28-/m0/s1. The number of carbonyl (C=O) groups is 3. The Morgan fingerprint density at radius 1 is 1.02 bits per heavy atom. The van der Waals surface area contributed by atoms with Crippen LogP contribution >= 0.6 is 0 Å². The molecule has 3 aliphatic heterocycles. The summed E-state index contributed by atoms with van der Waals surface area (Å²) in [4.78, 5) is 41.0. The molecule has 11 heteroatoms. The Morgan fingerprint density at radius 3 is 2.51 bits per heavy atom. The Hall–Kier alpha value is -4.93. The van der Waals surface area contributed by atoms with E-state index in [9.17, 15) is 18.8 Å². The topological polar surface area (TPSA) is 107 Å². The molecule has 3 aromatic rings. The van der Waals surface area contributed by atoms with Gasteiger partial charge in [0.25, 0.3) is 17.7 Å². The van der Waals surface area contributed by atoms with Crippen molar-refractivity contribution in [2.24, 2.45) is 15.4 Å². The lowest BCUT2D eigenvalue weighted by atomic mass is 9.95. The molecule has 3 aliphatic rings. The lowest BCUT2D eigenvalue weighted by Gasteiger charge is -2.25. The fourth-order valence-electron chi connectivity index (χ4n) is 5.56. The highest BCUT2D eigenvalue weighted by molar-refractivity contribution is 6.25. The molecule has 0 unspecified atom stereocenters. The van der Waals surface area contributed by atoms with Gasteiger partial charge in [0.15, 0.2) is 12.1 Å². The fourth-order valence-corrected chi connectivity index (χ4v) is 5.56. The SMILES string of the molecule is COc1ccc([C@@H]2CC(c3ccc(C)cc3C)=NN2C(=O)CN2N=N[C@@H]3C(=O)N(c4cccc(F)c4)C(=O)[C@H]32)cc1. The summed E-state index contributed by atoms with van der Waals surface area (Å²) in [6, 6.07) is 16.2. The summed E-state index contributed by atoms with van der Waals surface area (Å²) in [5.74, 6) is -1.52. The third kappa shape index (κ3) is 4.62. The highest BCUT2D eigenvalue weighted by Gasteiger charge is 2.55. The van der Waals surface area contributed by atoms with Crippen LogP contribution in [-0.2, 0) is 14.4 Å². The number of anilines is 1.